The van der Waals surface area contributed by atoms with E-state index in [0.29, 0.717) is 0 Å². The number of rotatable bonds is 5. The van der Waals surface area contributed by atoms with Crippen LogP contribution in [-0.4, -0.2) is 15.6 Å². The molecule has 2 rings (SSSR count). The second-order valence-corrected chi connectivity index (χ2v) is 4.79. The first-order chi connectivity index (χ1) is 7.90. The van der Waals surface area contributed by atoms with E-state index in [4.69, 9.17) is 0 Å². The molecule has 3 heteroatoms. The van der Waals surface area contributed by atoms with Gasteiger partial charge in [0.2, 0.25) is 0 Å². The van der Waals surface area contributed by atoms with E-state index < -0.39 is 0 Å². The third-order valence-corrected chi connectivity index (χ3v) is 3.44. The molecule has 0 radical (unpaired) electrons. The molecule has 0 amide bonds. The van der Waals surface area contributed by atoms with Gasteiger partial charge in [-0.15, -0.1) is 0 Å². The summed E-state index contributed by atoms with van der Waals surface area (Å²) in [5, 5.41) is 3.66. The van der Waals surface area contributed by atoms with Gasteiger partial charge in [-0.05, 0) is 19.3 Å². The summed E-state index contributed by atoms with van der Waals surface area (Å²) in [6.45, 7) is 4.27. The lowest BCUT2D eigenvalue weighted by atomic mass is 9.95. The largest absolute Gasteiger partial charge is 0.333 e. The summed E-state index contributed by atoms with van der Waals surface area (Å²) in [5.41, 5.74) is 1.33. The SMILES string of the molecule is CCCn1cncc1CNC1CCCCC1. The van der Waals surface area contributed by atoms with Gasteiger partial charge in [0.05, 0.1) is 12.0 Å². The van der Waals surface area contributed by atoms with E-state index in [9.17, 15) is 0 Å². The lowest BCUT2D eigenvalue weighted by Crippen LogP contribution is -2.31. The number of aryl methyl sites for hydroxylation is 1. The van der Waals surface area contributed by atoms with Gasteiger partial charge in [0.25, 0.3) is 0 Å². The first kappa shape index (κ1) is 11.6. The highest BCUT2D eigenvalue weighted by molar-refractivity contribution is 4.98. The topological polar surface area (TPSA) is 29.9 Å². The predicted molar refractivity (Wildman–Crippen MR) is 66.2 cm³/mol. The molecule has 0 unspecified atom stereocenters. The van der Waals surface area contributed by atoms with Crippen molar-refractivity contribution in [3.8, 4) is 0 Å². The van der Waals surface area contributed by atoms with Crippen LogP contribution in [0.1, 0.15) is 51.1 Å². The highest BCUT2D eigenvalue weighted by Crippen LogP contribution is 2.17. The molecule has 0 bridgehead atoms. The Labute approximate surface area is 98.3 Å². The van der Waals surface area contributed by atoms with Crippen LogP contribution in [0.5, 0.6) is 0 Å². The quantitative estimate of drug-likeness (QED) is 0.828. The molecule has 0 saturated heterocycles. The normalized spacial score (nSPS) is 17.8. The minimum Gasteiger partial charge on any atom is -0.333 e. The summed E-state index contributed by atoms with van der Waals surface area (Å²) in [6, 6.07) is 0.735. The first-order valence-electron chi connectivity index (χ1n) is 6.62. The number of nitrogens with zero attached hydrogens (tertiary/aromatic N) is 2. The Morgan fingerprint density at radius 1 is 1.38 bits per heavy atom. The summed E-state index contributed by atoms with van der Waals surface area (Å²) in [6.07, 6.45) is 12.0. The van der Waals surface area contributed by atoms with Crippen LogP contribution in [0, 0.1) is 0 Å². The van der Waals surface area contributed by atoms with Gasteiger partial charge in [0.1, 0.15) is 0 Å². The van der Waals surface area contributed by atoms with Crippen LogP contribution in [-0.2, 0) is 13.1 Å². The summed E-state index contributed by atoms with van der Waals surface area (Å²) >= 11 is 0. The molecule has 1 saturated carbocycles. The third-order valence-electron chi connectivity index (χ3n) is 3.44. The minimum atomic E-state index is 0.735. The van der Waals surface area contributed by atoms with Gasteiger partial charge in [0, 0.05) is 25.3 Å². The van der Waals surface area contributed by atoms with Crippen molar-refractivity contribution in [1.82, 2.24) is 14.9 Å². The molecule has 0 aliphatic heterocycles. The summed E-state index contributed by atoms with van der Waals surface area (Å²) in [4.78, 5) is 4.23. The highest BCUT2D eigenvalue weighted by atomic mass is 15.1. The predicted octanol–water partition coefficient (Wildman–Crippen LogP) is 2.72. The number of nitrogens with one attached hydrogen (secondary N) is 1. The van der Waals surface area contributed by atoms with Crippen LogP contribution < -0.4 is 5.32 Å². The van der Waals surface area contributed by atoms with Crippen LogP contribution in [0.2, 0.25) is 0 Å². The van der Waals surface area contributed by atoms with Crippen LogP contribution in [0.25, 0.3) is 0 Å². The van der Waals surface area contributed by atoms with E-state index in [1.54, 1.807) is 0 Å². The van der Waals surface area contributed by atoms with E-state index in [1.807, 2.05) is 12.5 Å². The monoisotopic (exact) mass is 221 g/mol. The fraction of sp³-hybridized carbons (Fsp3) is 0.769. The van der Waals surface area contributed by atoms with E-state index in [0.717, 1.165) is 19.1 Å². The van der Waals surface area contributed by atoms with Gasteiger partial charge in [-0.2, -0.15) is 0 Å². The zero-order chi connectivity index (χ0) is 11.2. The van der Waals surface area contributed by atoms with E-state index in [2.05, 4.69) is 21.8 Å². The fourth-order valence-corrected chi connectivity index (χ4v) is 2.49. The van der Waals surface area contributed by atoms with Gasteiger partial charge in [0.15, 0.2) is 0 Å². The van der Waals surface area contributed by atoms with Gasteiger partial charge < -0.3 is 9.88 Å². The van der Waals surface area contributed by atoms with Crippen LogP contribution in [0.15, 0.2) is 12.5 Å². The zero-order valence-corrected chi connectivity index (χ0v) is 10.3. The molecule has 1 aromatic rings. The van der Waals surface area contributed by atoms with Crippen LogP contribution in [0.4, 0.5) is 0 Å². The number of aromatic nitrogens is 2. The number of imidazole rings is 1. The van der Waals surface area contributed by atoms with E-state index in [1.165, 1.54) is 44.2 Å². The van der Waals surface area contributed by atoms with Crippen molar-refractivity contribution in [3.05, 3.63) is 18.2 Å². The molecule has 1 N–H and O–H groups in total. The van der Waals surface area contributed by atoms with Crippen molar-refractivity contribution in [2.75, 3.05) is 0 Å². The van der Waals surface area contributed by atoms with Crippen molar-refractivity contribution in [3.63, 3.8) is 0 Å². The maximum atomic E-state index is 4.23. The molecule has 1 heterocycles. The van der Waals surface area contributed by atoms with Crippen LogP contribution >= 0.6 is 0 Å². The van der Waals surface area contributed by atoms with Gasteiger partial charge >= 0.3 is 0 Å². The average molecular weight is 221 g/mol. The minimum absolute atomic E-state index is 0.735. The summed E-state index contributed by atoms with van der Waals surface area (Å²) in [5.74, 6) is 0. The maximum absolute atomic E-state index is 4.23. The van der Waals surface area contributed by atoms with E-state index >= 15 is 0 Å². The van der Waals surface area contributed by atoms with Crippen molar-refractivity contribution >= 4 is 0 Å². The van der Waals surface area contributed by atoms with E-state index in [-0.39, 0.29) is 0 Å². The molecule has 1 aliphatic carbocycles. The Morgan fingerprint density at radius 3 is 2.94 bits per heavy atom. The highest BCUT2D eigenvalue weighted by Gasteiger charge is 2.13. The molecule has 90 valence electrons. The fourth-order valence-electron chi connectivity index (χ4n) is 2.49. The summed E-state index contributed by atoms with van der Waals surface area (Å²) < 4.78 is 2.26. The average Bonchev–Trinajstić information content (AvgIpc) is 2.76. The zero-order valence-electron chi connectivity index (χ0n) is 10.3. The van der Waals surface area contributed by atoms with Gasteiger partial charge in [-0.1, -0.05) is 26.2 Å². The Hall–Kier alpha value is -0.830. The smallest absolute Gasteiger partial charge is 0.0948 e. The first-order valence-corrected chi connectivity index (χ1v) is 6.62. The molecule has 0 aromatic carbocycles. The Balaban J connectivity index is 1.81. The Kier molecular flexibility index (Phi) is 4.40. The van der Waals surface area contributed by atoms with Crippen molar-refractivity contribution in [2.24, 2.45) is 0 Å². The molecule has 0 spiro atoms. The molecule has 1 fully saturated rings. The second-order valence-electron chi connectivity index (χ2n) is 4.79. The van der Waals surface area contributed by atoms with Crippen molar-refractivity contribution in [1.29, 1.82) is 0 Å². The molecule has 1 aromatic heterocycles. The summed E-state index contributed by atoms with van der Waals surface area (Å²) in [7, 11) is 0. The lowest BCUT2D eigenvalue weighted by Gasteiger charge is -2.23. The molecule has 0 atom stereocenters. The molecule has 1 aliphatic rings. The van der Waals surface area contributed by atoms with Gasteiger partial charge in [-0.3, -0.25) is 0 Å². The maximum Gasteiger partial charge on any atom is 0.0948 e. The molecular weight excluding hydrogens is 198 g/mol. The standard InChI is InChI=1S/C13H23N3/c1-2-8-16-11-14-9-13(16)10-15-12-6-4-3-5-7-12/h9,11-12,15H,2-8,10H2,1H3. The number of hydrogen-bond donors (Lipinski definition) is 1. The van der Waals surface area contributed by atoms with Crippen molar-refractivity contribution in [2.45, 2.75) is 64.6 Å². The van der Waals surface area contributed by atoms with Crippen molar-refractivity contribution < 1.29 is 0 Å². The molecule has 3 nitrogen and oxygen atoms in total. The number of hydrogen-bond acceptors (Lipinski definition) is 2. The van der Waals surface area contributed by atoms with Crippen LogP contribution in [0.3, 0.4) is 0 Å². The molecular formula is C13H23N3. The molecule has 16 heavy (non-hydrogen) atoms. The second kappa shape index (κ2) is 6.04. The third kappa shape index (κ3) is 3.08. The van der Waals surface area contributed by atoms with Gasteiger partial charge in [-0.25, -0.2) is 4.98 Å². The Morgan fingerprint density at radius 2 is 2.19 bits per heavy atom. The Bertz CT molecular complexity index is 300. The lowest BCUT2D eigenvalue weighted by molar-refractivity contribution is 0.368.